The first-order valence-corrected chi connectivity index (χ1v) is 7.38. The largest absolute Gasteiger partial charge is 0.480 e. The molecule has 104 valence electrons. The summed E-state index contributed by atoms with van der Waals surface area (Å²) in [6, 6.07) is 7.98. The molecule has 0 saturated carbocycles. The average Bonchev–Trinajstić information content (AvgIpc) is 2.87. The zero-order valence-electron chi connectivity index (χ0n) is 11.6. The number of anilines is 1. The Morgan fingerprint density at radius 1 is 1.25 bits per heavy atom. The Kier molecular flexibility index (Phi) is 3.62. The van der Waals surface area contributed by atoms with Crippen molar-refractivity contribution in [2.24, 2.45) is 0 Å². The molecule has 0 bridgehead atoms. The Labute approximate surface area is 121 Å². The fourth-order valence-corrected chi connectivity index (χ4v) is 3.15. The van der Waals surface area contributed by atoms with Gasteiger partial charge in [0.2, 0.25) is 0 Å². The number of carbonyl (C=O) groups is 1. The molecule has 0 radical (unpaired) electrons. The molecule has 1 aliphatic carbocycles. The third-order valence-corrected chi connectivity index (χ3v) is 4.27. The van der Waals surface area contributed by atoms with Crippen LogP contribution in [0.4, 0.5) is 5.69 Å². The summed E-state index contributed by atoms with van der Waals surface area (Å²) in [7, 11) is 2.25. The van der Waals surface area contributed by atoms with Gasteiger partial charge in [0.25, 0.3) is 0 Å². The summed E-state index contributed by atoms with van der Waals surface area (Å²) < 4.78 is 5.12. The first-order valence-electron chi connectivity index (χ1n) is 6.91. The molecule has 1 aromatic rings. The minimum atomic E-state index is 0.298. The molecule has 0 amide bonds. The van der Waals surface area contributed by atoms with Crippen LogP contribution in [-0.2, 0) is 4.79 Å². The van der Waals surface area contributed by atoms with Crippen molar-refractivity contribution in [1.29, 1.82) is 0 Å². The monoisotopic (exact) mass is 287 g/mol. The third kappa shape index (κ3) is 2.16. The second kappa shape index (κ2) is 5.41. The molecule has 3 rings (SSSR count). The zero-order valence-corrected chi connectivity index (χ0v) is 12.7. The molecule has 4 heteroatoms. The van der Waals surface area contributed by atoms with Gasteiger partial charge in [-0.1, -0.05) is 6.08 Å². The van der Waals surface area contributed by atoms with Crippen LogP contribution in [0.5, 0.6) is 5.75 Å². The van der Waals surface area contributed by atoms with Crippen molar-refractivity contribution >= 4 is 20.9 Å². The molecule has 0 spiro atoms. The number of allylic oxidation sites excluding steroid dienone is 2. The van der Waals surface area contributed by atoms with E-state index in [2.05, 4.69) is 20.4 Å². The van der Waals surface area contributed by atoms with Crippen molar-refractivity contribution < 1.29 is 9.32 Å². The molecule has 0 aromatic heterocycles. The lowest BCUT2D eigenvalue weighted by molar-refractivity contribution is -0.115. The van der Waals surface area contributed by atoms with Gasteiger partial charge in [-0.2, -0.15) is 0 Å². The average molecular weight is 287 g/mol. The summed E-state index contributed by atoms with van der Waals surface area (Å²) in [4.78, 5) is 14.4. The van der Waals surface area contributed by atoms with Crippen molar-refractivity contribution in [1.82, 2.24) is 0 Å². The number of benzene rings is 1. The number of Topliss-reactive ketones (excluding diaryl/α,β-unsaturated/α-hetero) is 1. The molecule has 0 fully saturated rings. The van der Waals surface area contributed by atoms with Crippen molar-refractivity contribution in [3.63, 3.8) is 0 Å². The summed E-state index contributed by atoms with van der Waals surface area (Å²) in [5.41, 5.74) is 4.44. The maximum absolute atomic E-state index is 12.2. The summed E-state index contributed by atoms with van der Waals surface area (Å²) in [6.07, 6.45) is 4.70. The quantitative estimate of drug-likeness (QED) is 0.778. The van der Waals surface area contributed by atoms with E-state index in [1.54, 1.807) is 0 Å². The first-order chi connectivity index (χ1) is 9.74. The Morgan fingerprint density at radius 3 is 2.65 bits per heavy atom. The maximum Gasteiger partial charge on any atom is 0.164 e. The van der Waals surface area contributed by atoms with Crippen LogP contribution in [0, 0.1) is 0 Å². The molecule has 0 saturated heterocycles. The fourth-order valence-electron chi connectivity index (χ4n) is 2.99. The molecule has 1 heterocycles. The topological polar surface area (TPSA) is 29.5 Å². The van der Waals surface area contributed by atoms with Gasteiger partial charge in [-0.15, -0.1) is 0 Å². The van der Waals surface area contributed by atoms with E-state index in [0.29, 0.717) is 12.2 Å². The minimum absolute atomic E-state index is 0.298. The Balaban J connectivity index is 2.00. The predicted molar refractivity (Wildman–Crippen MR) is 83.8 cm³/mol. The van der Waals surface area contributed by atoms with E-state index in [4.69, 9.17) is 4.52 Å². The van der Waals surface area contributed by atoms with Crippen LogP contribution in [-0.4, -0.2) is 12.3 Å². The van der Waals surface area contributed by atoms with Gasteiger partial charge in [-0.25, -0.2) is 0 Å². The first kappa shape index (κ1) is 13.4. The highest BCUT2D eigenvalue weighted by molar-refractivity contribution is 7.10. The molecular formula is C16H18NO2P. The van der Waals surface area contributed by atoms with E-state index in [-0.39, 0.29) is 0 Å². The number of ketones is 1. The smallest absolute Gasteiger partial charge is 0.164 e. The molecule has 1 atom stereocenters. The van der Waals surface area contributed by atoms with E-state index >= 15 is 0 Å². The number of hydrogen-bond acceptors (Lipinski definition) is 3. The summed E-state index contributed by atoms with van der Waals surface area (Å²) >= 11 is 0. The van der Waals surface area contributed by atoms with Crippen LogP contribution < -0.4 is 9.42 Å². The van der Waals surface area contributed by atoms with Gasteiger partial charge in [-0.3, -0.25) is 4.79 Å². The normalized spacial score (nSPS) is 20.6. The lowest BCUT2D eigenvalue weighted by atomic mass is 9.92. The second-order valence-corrected chi connectivity index (χ2v) is 5.35. The minimum Gasteiger partial charge on any atom is -0.480 e. The molecule has 0 N–H and O–H groups in total. The van der Waals surface area contributed by atoms with Crippen LogP contribution in [0.15, 0.2) is 47.2 Å². The van der Waals surface area contributed by atoms with Crippen LogP contribution in [0.25, 0.3) is 0 Å². The van der Waals surface area contributed by atoms with Crippen LogP contribution >= 0.6 is 9.47 Å². The van der Waals surface area contributed by atoms with Crippen molar-refractivity contribution in [3.8, 4) is 5.75 Å². The number of hydrogen-bond donors (Lipinski definition) is 0. The molecule has 2 aliphatic rings. The van der Waals surface area contributed by atoms with Crippen LogP contribution in [0.2, 0.25) is 0 Å². The Bertz CT molecular complexity index is 601. The Hall–Kier alpha value is -1.60. The van der Waals surface area contributed by atoms with Gasteiger partial charge in [-0.05, 0) is 49.6 Å². The molecule has 20 heavy (non-hydrogen) atoms. The maximum atomic E-state index is 12.2. The van der Waals surface area contributed by atoms with Gasteiger partial charge in [0.05, 0.1) is 9.47 Å². The van der Waals surface area contributed by atoms with E-state index in [0.717, 1.165) is 42.0 Å². The zero-order chi connectivity index (χ0) is 14.1. The van der Waals surface area contributed by atoms with Crippen molar-refractivity contribution in [3.05, 3.63) is 47.2 Å². The lowest BCUT2D eigenvalue weighted by Crippen LogP contribution is -2.20. The second-order valence-electron chi connectivity index (χ2n) is 5.11. The van der Waals surface area contributed by atoms with Crippen molar-refractivity contribution in [2.45, 2.75) is 26.2 Å². The third-order valence-electron chi connectivity index (χ3n) is 3.99. The molecule has 1 aliphatic heterocycles. The van der Waals surface area contributed by atoms with Crippen molar-refractivity contribution in [2.75, 3.05) is 11.4 Å². The fraction of sp³-hybridized carbons (Fsp3) is 0.312. The van der Waals surface area contributed by atoms with Gasteiger partial charge in [0, 0.05) is 29.9 Å². The van der Waals surface area contributed by atoms with E-state index < -0.39 is 0 Å². The van der Waals surface area contributed by atoms with E-state index in [1.807, 2.05) is 31.2 Å². The molecular weight excluding hydrogens is 269 g/mol. The number of nitrogens with zero attached hydrogens (tertiary/aromatic N) is 1. The predicted octanol–water partition coefficient (Wildman–Crippen LogP) is 3.63. The highest BCUT2D eigenvalue weighted by Gasteiger charge is 2.33. The highest BCUT2D eigenvalue weighted by Crippen LogP contribution is 2.39. The molecule has 1 aromatic carbocycles. The number of rotatable bonds is 2. The van der Waals surface area contributed by atoms with Gasteiger partial charge >= 0.3 is 0 Å². The van der Waals surface area contributed by atoms with Crippen LogP contribution in [0.3, 0.4) is 0 Å². The SMILES string of the molecule is C/C=C1\CN(c2ccc(OP)cc2)C2=C1C(=O)CCC2. The molecule has 3 nitrogen and oxygen atoms in total. The van der Waals surface area contributed by atoms with Gasteiger partial charge < -0.3 is 9.42 Å². The summed E-state index contributed by atoms with van der Waals surface area (Å²) in [6.45, 7) is 2.81. The van der Waals surface area contributed by atoms with Gasteiger partial charge in [0.15, 0.2) is 5.78 Å². The highest BCUT2D eigenvalue weighted by atomic mass is 31.0. The molecule has 1 unspecified atom stereocenters. The van der Waals surface area contributed by atoms with Gasteiger partial charge in [0.1, 0.15) is 5.75 Å². The Morgan fingerprint density at radius 2 is 2.00 bits per heavy atom. The summed E-state index contributed by atoms with van der Waals surface area (Å²) in [5.74, 6) is 1.12. The number of carbonyl (C=O) groups excluding carboxylic acids is 1. The van der Waals surface area contributed by atoms with Crippen LogP contribution in [0.1, 0.15) is 26.2 Å². The summed E-state index contributed by atoms with van der Waals surface area (Å²) in [5, 5.41) is 0. The van der Waals surface area contributed by atoms with E-state index in [9.17, 15) is 4.79 Å². The standard InChI is InChI=1S/C16H18NO2P/c1-2-11-10-17(12-6-8-13(19-20)9-7-12)14-4-3-5-15(18)16(11)14/h2,6-9H,3-5,10,20H2,1H3/b11-2+. The lowest BCUT2D eigenvalue weighted by Gasteiger charge is -2.24. The van der Waals surface area contributed by atoms with E-state index in [1.165, 1.54) is 5.70 Å².